The minimum absolute atomic E-state index is 0.0144. The van der Waals surface area contributed by atoms with Crippen molar-refractivity contribution in [1.29, 1.82) is 0 Å². The maximum Gasteiger partial charge on any atom is 0.524 e. The number of hydrogen-bond donors (Lipinski definition) is 2. The number of esters is 1. The molecule has 0 amide bonds. The molecule has 2 aromatic carbocycles. The lowest BCUT2D eigenvalue weighted by Crippen LogP contribution is -2.08. The minimum atomic E-state index is -4.60. The second-order valence-corrected chi connectivity index (χ2v) is 6.38. The van der Waals surface area contributed by atoms with Crippen LogP contribution in [0.2, 0.25) is 0 Å². The Balaban J connectivity index is 2.03. The number of carbonyl (C=O) groups excluding carboxylic acids is 1. The molecule has 2 aromatic rings. The molecule has 0 aliphatic heterocycles. The van der Waals surface area contributed by atoms with Gasteiger partial charge in [0, 0.05) is 0 Å². The summed E-state index contributed by atoms with van der Waals surface area (Å²) < 4.78 is 20.3. The summed E-state index contributed by atoms with van der Waals surface area (Å²) in [6.45, 7) is 4.13. The molecule has 0 atom stereocenters. The van der Waals surface area contributed by atoms with Crippen LogP contribution in [0.25, 0.3) is 0 Å². The first-order valence-electron chi connectivity index (χ1n) is 6.92. The topological polar surface area (TPSA) is 93.1 Å². The lowest BCUT2D eigenvalue weighted by Gasteiger charge is -2.09. The fourth-order valence-electron chi connectivity index (χ4n) is 1.88. The summed E-state index contributed by atoms with van der Waals surface area (Å²) in [4.78, 5) is 29.4. The van der Waals surface area contributed by atoms with Gasteiger partial charge in [0.2, 0.25) is 0 Å². The van der Waals surface area contributed by atoms with Crippen LogP contribution in [0.15, 0.2) is 48.5 Å². The Morgan fingerprint density at radius 2 is 1.48 bits per heavy atom. The van der Waals surface area contributed by atoms with Gasteiger partial charge in [0.05, 0.1) is 5.56 Å². The van der Waals surface area contributed by atoms with Crippen LogP contribution >= 0.6 is 7.82 Å². The Kier molecular flexibility index (Phi) is 5.21. The molecule has 0 unspecified atom stereocenters. The molecule has 2 N–H and O–H groups in total. The van der Waals surface area contributed by atoms with E-state index in [1.807, 2.05) is 12.1 Å². The molecule has 0 heterocycles. The van der Waals surface area contributed by atoms with Crippen LogP contribution in [0, 0.1) is 0 Å². The first kappa shape index (κ1) is 17.2. The zero-order valence-electron chi connectivity index (χ0n) is 12.7. The molecule has 0 saturated carbocycles. The highest BCUT2D eigenvalue weighted by atomic mass is 31.2. The molecule has 6 nitrogen and oxygen atoms in total. The Hall–Kier alpha value is -2.14. The van der Waals surface area contributed by atoms with Gasteiger partial charge < -0.3 is 9.26 Å². The van der Waals surface area contributed by atoms with Crippen LogP contribution in [0.3, 0.4) is 0 Å². The predicted octanol–water partition coefficient (Wildman–Crippen LogP) is 3.50. The molecule has 0 aliphatic carbocycles. The lowest BCUT2D eigenvalue weighted by atomic mass is 10.0. The van der Waals surface area contributed by atoms with Gasteiger partial charge in [-0.15, -0.1) is 0 Å². The molecular weight excluding hydrogens is 319 g/mol. The fourth-order valence-corrected chi connectivity index (χ4v) is 2.27. The van der Waals surface area contributed by atoms with Crippen molar-refractivity contribution in [2.75, 3.05) is 0 Å². The van der Waals surface area contributed by atoms with Crippen LogP contribution in [0.5, 0.6) is 11.5 Å². The van der Waals surface area contributed by atoms with E-state index in [0.29, 0.717) is 11.5 Å². The molecule has 2 rings (SSSR count). The molecule has 0 bridgehead atoms. The SMILES string of the molecule is CC(C)c1ccc(C(=O)Oc2ccc(OP(=O)(O)O)cc2)cc1. The van der Waals surface area contributed by atoms with E-state index >= 15 is 0 Å². The van der Waals surface area contributed by atoms with Gasteiger partial charge in [-0.3, -0.25) is 9.79 Å². The van der Waals surface area contributed by atoms with E-state index in [1.54, 1.807) is 12.1 Å². The average molecular weight is 336 g/mol. The summed E-state index contributed by atoms with van der Waals surface area (Å²) in [5.74, 6) is 0.103. The minimum Gasteiger partial charge on any atom is -0.423 e. The van der Waals surface area contributed by atoms with E-state index in [9.17, 15) is 9.36 Å². The maximum absolute atomic E-state index is 12.0. The second kappa shape index (κ2) is 6.96. The number of phosphoric acid groups is 1. The third-order valence-corrected chi connectivity index (χ3v) is 3.52. The summed E-state index contributed by atoms with van der Waals surface area (Å²) in [6, 6.07) is 12.5. The summed E-state index contributed by atoms with van der Waals surface area (Å²) in [6.07, 6.45) is 0. The standard InChI is InChI=1S/C16H17O6P/c1-11(2)12-3-5-13(6-4-12)16(17)21-14-7-9-15(10-8-14)22-23(18,19)20/h3-11H,1-2H3,(H2,18,19,20). The highest BCUT2D eigenvalue weighted by Crippen LogP contribution is 2.37. The van der Waals surface area contributed by atoms with Crippen molar-refractivity contribution in [2.24, 2.45) is 0 Å². The summed E-state index contributed by atoms with van der Waals surface area (Å²) in [7, 11) is -4.60. The van der Waals surface area contributed by atoms with Crippen molar-refractivity contribution >= 4 is 13.8 Å². The molecule has 0 spiro atoms. The van der Waals surface area contributed by atoms with Gasteiger partial charge in [-0.05, 0) is 47.9 Å². The zero-order valence-corrected chi connectivity index (χ0v) is 13.6. The lowest BCUT2D eigenvalue weighted by molar-refractivity contribution is 0.0734. The third-order valence-electron chi connectivity index (χ3n) is 3.07. The second-order valence-electron chi connectivity index (χ2n) is 5.22. The smallest absolute Gasteiger partial charge is 0.423 e. The molecule has 0 aliphatic rings. The van der Waals surface area contributed by atoms with E-state index in [-0.39, 0.29) is 11.5 Å². The van der Waals surface area contributed by atoms with Gasteiger partial charge in [-0.25, -0.2) is 9.36 Å². The van der Waals surface area contributed by atoms with E-state index in [1.165, 1.54) is 24.3 Å². The molecule has 0 aromatic heterocycles. The Bertz CT molecular complexity index is 715. The van der Waals surface area contributed by atoms with E-state index in [2.05, 4.69) is 18.4 Å². The normalized spacial score (nSPS) is 11.3. The highest BCUT2D eigenvalue weighted by molar-refractivity contribution is 7.46. The largest absolute Gasteiger partial charge is 0.524 e. The quantitative estimate of drug-likeness (QED) is 0.493. The molecule has 0 fully saturated rings. The first-order chi connectivity index (χ1) is 10.7. The van der Waals surface area contributed by atoms with Crippen molar-refractivity contribution in [3.63, 3.8) is 0 Å². The predicted molar refractivity (Wildman–Crippen MR) is 84.6 cm³/mol. The van der Waals surface area contributed by atoms with Crippen molar-refractivity contribution < 1.29 is 28.4 Å². The average Bonchev–Trinajstić information content (AvgIpc) is 2.48. The van der Waals surface area contributed by atoms with Crippen LogP contribution in [0.1, 0.15) is 35.7 Å². The summed E-state index contributed by atoms with van der Waals surface area (Å²) in [5, 5.41) is 0. The molecule has 7 heteroatoms. The van der Waals surface area contributed by atoms with Crippen LogP contribution in [-0.4, -0.2) is 15.8 Å². The van der Waals surface area contributed by atoms with Gasteiger partial charge >= 0.3 is 13.8 Å². The van der Waals surface area contributed by atoms with Crippen molar-refractivity contribution in [3.8, 4) is 11.5 Å². The van der Waals surface area contributed by atoms with Crippen LogP contribution in [-0.2, 0) is 4.57 Å². The number of ether oxygens (including phenoxy) is 1. The number of rotatable bonds is 5. The van der Waals surface area contributed by atoms with Crippen molar-refractivity contribution in [3.05, 3.63) is 59.7 Å². The number of phosphoric ester groups is 1. The molecule has 0 saturated heterocycles. The third kappa shape index (κ3) is 5.21. The van der Waals surface area contributed by atoms with E-state index < -0.39 is 13.8 Å². The fraction of sp³-hybridized carbons (Fsp3) is 0.188. The number of hydrogen-bond acceptors (Lipinski definition) is 4. The Morgan fingerprint density at radius 1 is 0.957 bits per heavy atom. The zero-order chi connectivity index (χ0) is 17.0. The van der Waals surface area contributed by atoms with Gasteiger partial charge in [0.15, 0.2) is 0 Å². The summed E-state index contributed by atoms with van der Waals surface area (Å²) >= 11 is 0. The first-order valence-corrected chi connectivity index (χ1v) is 8.45. The van der Waals surface area contributed by atoms with Gasteiger partial charge in [0.1, 0.15) is 11.5 Å². The Morgan fingerprint density at radius 3 is 1.96 bits per heavy atom. The van der Waals surface area contributed by atoms with Gasteiger partial charge in [0.25, 0.3) is 0 Å². The van der Waals surface area contributed by atoms with Gasteiger partial charge in [-0.1, -0.05) is 26.0 Å². The van der Waals surface area contributed by atoms with Crippen LogP contribution in [0.4, 0.5) is 0 Å². The molecule has 0 radical (unpaired) electrons. The number of carbonyl (C=O) groups is 1. The summed E-state index contributed by atoms with van der Waals surface area (Å²) in [5.41, 5.74) is 1.55. The van der Waals surface area contributed by atoms with Gasteiger partial charge in [-0.2, -0.15) is 0 Å². The monoisotopic (exact) mass is 336 g/mol. The van der Waals surface area contributed by atoms with E-state index in [0.717, 1.165) is 5.56 Å². The molecular formula is C16H17O6P. The Labute approximate surface area is 133 Å². The van der Waals surface area contributed by atoms with Crippen LogP contribution < -0.4 is 9.26 Å². The maximum atomic E-state index is 12.0. The molecule has 23 heavy (non-hydrogen) atoms. The number of benzene rings is 2. The van der Waals surface area contributed by atoms with Crippen molar-refractivity contribution in [1.82, 2.24) is 0 Å². The van der Waals surface area contributed by atoms with Crippen molar-refractivity contribution in [2.45, 2.75) is 19.8 Å². The highest BCUT2D eigenvalue weighted by Gasteiger charge is 2.16. The molecule has 122 valence electrons. The van der Waals surface area contributed by atoms with E-state index in [4.69, 9.17) is 14.5 Å².